The maximum atomic E-state index is 2.48. The van der Waals surface area contributed by atoms with Gasteiger partial charge in [0.2, 0.25) is 0 Å². The Labute approximate surface area is 132 Å². The molecule has 0 amide bonds. The predicted molar refractivity (Wildman–Crippen MR) is 92.0 cm³/mol. The molecule has 0 saturated carbocycles. The number of hydrogen-bond acceptors (Lipinski definition) is 2. The lowest BCUT2D eigenvalue weighted by atomic mass is 10.1. The highest BCUT2D eigenvalue weighted by Crippen LogP contribution is 2.43. The summed E-state index contributed by atoms with van der Waals surface area (Å²) in [6.45, 7) is 8.89. The van der Waals surface area contributed by atoms with E-state index >= 15 is 0 Å². The third kappa shape index (κ3) is 2.10. The van der Waals surface area contributed by atoms with Crippen molar-refractivity contribution in [2.45, 2.75) is 27.7 Å². The van der Waals surface area contributed by atoms with Crippen LogP contribution in [0.1, 0.15) is 19.5 Å². The van der Waals surface area contributed by atoms with Gasteiger partial charge in [-0.05, 0) is 72.9 Å². The number of rotatable bonds is 1. The van der Waals surface area contributed by atoms with E-state index < -0.39 is 0 Å². The predicted octanol–water partition coefficient (Wildman–Crippen LogP) is 5.92. The Morgan fingerprint density at radius 2 is 0.938 bits per heavy atom. The summed E-state index contributed by atoms with van der Waals surface area (Å²) in [4.78, 5) is 5.76. The normalized spacial score (nSPS) is 11.1. The minimum Gasteiger partial charge on any atom is -0.144 e. The highest BCUT2D eigenvalue weighted by atomic mass is 127. The zero-order chi connectivity index (χ0) is 12.0. The molecule has 2 heterocycles. The molecular formula is C12H12I2S2. The summed E-state index contributed by atoms with van der Waals surface area (Å²) in [5.41, 5.74) is 2.93. The Morgan fingerprint density at radius 3 is 1.12 bits per heavy atom. The van der Waals surface area contributed by atoms with E-state index in [4.69, 9.17) is 0 Å². The van der Waals surface area contributed by atoms with Crippen molar-refractivity contribution in [1.82, 2.24) is 0 Å². The van der Waals surface area contributed by atoms with E-state index in [0.717, 1.165) is 0 Å². The lowest BCUT2D eigenvalue weighted by Gasteiger charge is -2.03. The molecule has 4 heteroatoms. The maximum absolute atomic E-state index is 2.48. The van der Waals surface area contributed by atoms with Crippen molar-refractivity contribution in [3.8, 4) is 11.1 Å². The van der Waals surface area contributed by atoms with Crippen LogP contribution in [0.15, 0.2) is 0 Å². The smallest absolute Gasteiger partial charge is 0.0348 e. The van der Waals surface area contributed by atoms with Gasteiger partial charge in [0.25, 0.3) is 0 Å². The van der Waals surface area contributed by atoms with Crippen LogP contribution < -0.4 is 0 Å². The Hall–Kier alpha value is 0.860. The first-order valence-corrected chi connectivity index (χ1v) is 8.73. The van der Waals surface area contributed by atoms with Crippen LogP contribution in [0, 0.1) is 34.8 Å². The molecule has 0 bridgehead atoms. The van der Waals surface area contributed by atoms with Crippen LogP contribution in [-0.4, -0.2) is 0 Å². The maximum Gasteiger partial charge on any atom is 0.0348 e. The fraction of sp³-hybridized carbons (Fsp3) is 0.333. The summed E-state index contributed by atoms with van der Waals surface area (Å²) < 4.78 is 2.86. The Kier molecular flexibility index (Phi) is 4.03. The van der Waals surface area contributed by atoms with Gasteiger partial charge in [0.15, 0.2) is 0 Å². The summed E-state index contributed by atoms with van der Waals surface area (Å²) >= 11 is 8.79. The minimum absolute atomic E-state index is 1.43. The van der Waals surface area contributed by atoms with Gasteiger partial charge < -0.3 is 0 Å². The van der Waals surface area contributed by atoms with E-state index in [1.807, 2.05) is 22.7 Å². The molecule has 0 nitrogen and oxygen atoms in total. The van der Waals surface area contributed by atoms with Crippen molar-refractivity contribution in [2.24, 2.45) is 0 Å². The monoisotopic (exact) mass is 474 g/mol. The van der Waals surface area contributed by atoms with Gasteiger partial charge in [0.1, 0.15) is 0 Å². The van der Waals surface area contributed by atoms with Crippen molar-refractivity contribution in [3.05, 3.63) is 26.6 Å². The molecular weight excluding hydrogens is 462 g/mol. The molecule has 0 radical (unpaired) electrons. The van der Waals surface area contributed by atoms with Gasteiger partial charge in [-0.25, -0.2) is 0 Å². The third-order valence-electron chi connectivity index (χ3n) is 2.62. The average molecular weight is 474 g/mol. The zero-order valence-corrected chi connectivity index (χ0v) is 15.5. The summed E-state index contributed by atoms with van der Waals surface area (Å²) in [5.74, 6) is 0. The molecule has 86 valence electrons. The van der Waals surface area contributed by atoms with Crippen molar-refractivity contribution in [3.63, 3.8) is 0 Å². The fourth-order valence-electron chi connectivity index (χ4n) is 1.88. The van der Waals surface area contributed by atoms with E-state index in [2.05, 4.69) is 72.9 Å². The molecule has 16 heavy (non-hydrogen) atoms. The summed E-state index contributed by atoms with van der Waals surface area (Å²) in [5, 5.41) is 0. The van der Waals surface area contributed by atoms with Crippen molar-refractivity contribution in [1.29, 1.82) is 0 Å². The number of halogens is 2. The molecule has 0 saturated heterocycles. The van der Waals surface area contributed by atoms with Gasteiger partial charge >= 0.3 is 0 Å². The highest BCUT2D eigenvalue weighted by molar-refractivity contribution is 14.1. The van der Waals surface area contributed by atoms with Crippen LogP contribution in [0.4, 0.5) is 0 Å². The molecule has 0 N–H and O–H groups in total. The van der Waals surface area contributed by atoms with Crippen LogP contribution in [0.25, 0.3) is 11.1 Å². The standard InChI is InChI=1S/C12H12I2S2/c1-5-9(11(13)7(3)15-5)10-6(2)16-8(4)12(10)14/h1-4H3. The van der Waals surface area contributed by atoms with Gasteiger partial charge in [0.05, 0.1) is 0 Å². The second kappa shape index (κ2) is 4.85. The van der Waals surface area contributed by atoms with Gasteiger partial charge in [-0.3, -0.25) is 0 Å². The molecule has 0 atom stereocenters. The molecule has 0 aliphatic rings. The number of aryl methyl sites for hydroxylation is 4. The van der Waals surface area contributed by atoms with Gasteiger partial charge in [0, 0.05) is 37.8 Å². The SMILES string of the molecule is Cc1sc(C)c(-c2c(C)sc(C)c2I)c1I. The van der Waals surface area contributed by atoms with Gasteiger partial charge in [-0.15, -0.1) is 22.7 Å². The first-order chi connectivity index (χ1) is 7.43. The van der Waals surface area contributed by atoms with E-state index in [1.54, 1.807) is 0 Å². The topological polar surface area (TPSA) is 0 Å². The van der Waals surface area contributed by atoms with E-state index in [1.165, 1.54) is 37.8 Å². The second-order valence-corrected chi connectivity index (χ2v) is 8.82. The van der Waals surface area contributed by atoms with Crippen molar-refractivity contribution < 1.29 is 0 Å². The van der Waals surface area contributed by atoms with Crippen LogP contribution in [0.3, 0.4) is 0 Å². The number of hydrogen-bond donors (Lipinski definition) is 0. The lowest BCUT2D eigenvalue weighted by molar-refractivity contribution is 1.48. The van der Waals surface area contributed by atoms with Crippen LogP contribution in [0.5, 0.6) is 0 Å². The van der Waals surface area contributed by atoms with Gasteiger partial charge in [-0.2, -0.15) is 0 Å². The average Bonchev–Trinajstić information content (AvgIpc) is 2.57. The largest absolute Gasteiger partial charge is 0.144 e. The van der Waals surface area contributed by atoms with Crippen molar-refractivity contribution >= 4 is 67.9 Å². The van der Waals surface area contributed by atoms with Crippen LogP contribution in [-0.2, 0) is 0 Å². The first kappa shape index (κ1) is 13.3. The zero-order valence-electron chi connectivity index (χ0n) is 9.57. The quantitative estimate of drug-likeness (QED) is 0.451. The Balaban J connectivity index is 2.76. The van der Waals surface area contributed by atoms with Crippen molar-refractivity contribution in [2.75, 3.05) is 0 Å². The van der Waals surface area contributed by atoms with E-state index in [9.17, 15) is 0 Å². The molecule has 0 unspecified atom stereocenters. The molecule has 0 aliphatic carbocycles. The molecule has 0 fully saturated rings. The van der Waals surface area contributed by atoms with Crippen LogP contribution >= 0.6 is 67.9 Å². The fourth-order valence-corrected chi connectivity index (χ4v) is 6.17. The Morgan fingerprint density at radius 1 is 0.625 bits per heavy atom. The molecule has 0 aliphatic heterocycles. The number of thiophene rings is 2. The van der Waals surface area contributed by atoms with Crippen LogP contribution in [0.2, 0.25) is 0 Å². The molecule has 0 aromatic carbocycles. The van der Waals surface area contributed by atoms with Gasteiger partial charge in [-0.1, -0.05) is 0 Å². The third-order valence-corrected chi connectivity index (χ3v) is 8.09. The molecule has 2 rings (SSSR count). The minimum atomic E-state index is 1.43. The summed E-state index contributed by atoms with van der Waals surface area (Å²) in [6, 6.07) is 0. The highest BCUT2D eigenvalue weighted by Gasteiger charge is 2.19. The summed E-state index contributed by atoms with van der Waals surface area (Å²) in [7, 11) is 0. The molecule has 2 aromatic rings. The first-order valence-electron chi connectivity index (χ1n) is 4.94. The van der Waals surface area contributed by atoms with E-state index in [-0.39, 0.29) is 0 Å². The summed E-state index contributed by atoms with van der Waals surface area (Å²) in [6.07, 6.45) is 0. The molecule has 0 spiro atoms. The van der Waals surface area contributed by atoms with E-state index in [0.29, 0.717) is 0 Å². The molecule has 2 aromatic heterocycles. The second-order valence-electron chi connectivity index (χ2n) is 3.81. The Bertz CT molecular complexity index is 500. The lowest BCUT2D eigenvalue weighted by Crippen LogP contribution is -1.84.